The highest BCUT2D eigenvalue weighted by atomic mass is 19.1. The fourth-order valence-corrected chi connectivity index (χ4v) is 2.13. The molecule has 0 saturated carbocycles. The number of hydrogen-bond donors (Lipinski definition) is 0. The second-order valence-electron chi connectivity index (χ2n) is 4.56. The van der Waals surface area contributed by atoms with Crippen LogP contribution >= 0.6 is 0 Å². The highest BCUT2D eigenvalue weighted by Crippen LogP contribution is 2.39. The summed E-state index contributed by atoms with van der Waals surface area (Å²) in [6, 6.07) is 15.7. The number of halogens is 1. The van der Waals surface area contributed by atoms with Crippen LogP contribution in [0, 0.1) is 12.7 Å². The minimum Gasteiger partial charge on any atom is -0.360 e. The van der Waals surface area contributed by atoms with Crippen LogP contribution in [0.4, 0.5) is 10.1 Å². The molecule has 4 heteroatoms. The summed E-state index contributed by atoms with van der Waals surface area (Å²) < 4.78 is 12.8. The second-order valence-corrected chi connectivity index (χ2v) is 4.56. The molecule has 1 aliphatic heterocycles. The Morgan fingerprint density at radius 1 is 0.913 bits per heavy atom. The Kier molecular flexibility index (Phi) is 9.92. The normalized spacial score (nSPS) is 14.1. The van der Waals surface area contributed by atoms with Crippen LogP contribution in [0.5, 0.6) is 0 Å². The Labute approximate surface area is 137 Å². The van der Waals surface area contributed by atoms with E-state index in [1.54, 1.807) is 0 Å². The van der Waals surface area contributed by atoms with E-state index in [-0.39, 0.29) is 5.82 Å². The van der Waals surface area contributed by atoms with Crippen molar-refractivity contribution >= 4 is 19.3 Å². The van der Waals surface area contributed by atoms with E-state index in [2.05, 4.69) is 36.1 Å². The van der Waals surface area contributed by atoms with Crippen LogP contribution in [0.3, 0.4) is 0 Å². The van der Waals surface area contributed by atoms with Gasteiger partial charge in [-0.1, -0.05) is 43.7 Å². The molecule has 0 amide bonds. The predicted octanol–water partition coefficient (Wildman–Crippen LogP) is 4.35. The van der Waals surface area contributed by atoms with Gasteiger partial charge in [-0.05, 0) is 36.8 Å². The van der Waals surface area contributed by atoms with Crippen molar-refractivity contribution in [2.75, 3.05) is 11.4 Å². The summed E-state index contributed by atoms with van der Waals surface area (Å²) in [6.07, 6.45) is 0. The average molecular weight is 317 g/mol. The Balaban J connectivity index is 0.000000728. The van der Waals surface area contributed by atoms with E-state index in [0.29, 0.717) is 6.04 Å². The number of nitrogens with zero attached hydrogens (tertiary/aromatic N) is 1. The van der Waals surface area contributed by atoms with Crippen molar-refractivity contribution in [3.63, 3.8) is 0 Å². The molecular formula is C19H24FNO2. The summed E-state index contributed by atoms with van der Waals surface area (Å²) in [7, 11) is 0. The molecule has 0 aromatic heterocycles. The maximum Gasteiger partial charge on any atom is 0.123 e. The Hall–Kier alpha value is -2.49. The van der Waals surface area contributed by atoms with E-state index >= 15 is 0 Å². The molecule has 0 aliphatic carbocycles. The minimum atomic E-state index is -0.170. The van der Waals surface area contributed by atoms with Crippen LogP contribution in [-0.2, 0) is 9.59 Å². The molecular weight excluding hydrogens is 293 g/mol. The molecule has 1 fully saturated rings. The summed E-state index contributed by atoms with van der Waals surface area (Å²) in [5, 5.41) is 0. The highest BCUT2D eigenvalue weighted by molar-refractivity contribution is 5.56. The smallest absolute Gasteiger partial charge is 0.123 e. The van der Waals surface area contributed by atoms with Gasteiger partial charge in [0, 0.05) is 12.2 Å². The van der Waals surface area contributed by atoms with Crippen LogP contribution in [0.15, 0.2) is 48.5 Å². The molecule has 124 valence electrons. The lowest BCUT2D eigenvalue weighted by Crippen LogP contribution is -1.94. The number of benzene rings is 2. The molecule has 2 aromatic carbocycles. The van der Waals surface area contributed by atoms with E-state index in [9.17, 15) is 4.39 Å². The molecule has 3 nitrogen and oxygen atoms in total. The topological polar surface area (TPSA) is 37.1 Å². The van der Waals surface area contributed by atoms with Gasteiger partial charge >= 0.3 is 0 Å². The molecule has 1 saturated heterocycles. The number of hydrogen-bond acceptors (Lipinski definition) is 3. The van der Waals surface area contributed by atoms with Crippen molar-refractivity contribution in [2.45, 2.75) is 26.8 Å². The van der Waals surface area contributed by atoms with Crippen LogP contribution < -0.4 is 4.90 Å². The molecule has 0 N–H and O–H groups in total. The van der Waals surface area contributed by atoms with Crippen molar-refractivity contribution in [1.29, 1.82) is 0 Å². The van der Waals surface area contributed by atoms with E-state index in [0.717, 1.165) is 6.54 Å². The number of anilines is 1. The van der Waals surface area contributed by atoms with Crippen LogP contribution in [-0.4, -0.2) is 20.1 Å². The number of carbonyl (C=O) groups is 2. The first kappa shape index (κ1) is 20.5. The van der Waals surface area contributed by atoms with Gasteiger partial charge in [0.15, 0.2) is 0 Å². The minimum absolute atomic E-state index is 0.170. The Bertz CT molecular complexity index is 503. The molecule has 0 radical (unpaired) electrons. The zero-order valence-corrected chi connectivity index (χ0v) is 14.0. The van der Waals surface area contributed by atoms with Gasteiger partial charge in [-0.2, -0.15) is 0 Å². The van der Waals surface area contributed by atoms with Crippen molar-refractivity contribution in [2.24, 2.45) is 0 Å². The van der Waals surface area contributed by atoms with Crippen LogP contribution in [0.25, 0.3) is 0 Å². The van der Waals surface area contributed by atoms with Gasteiger partial charge in [-0.25, -0.2) is 4.39 Å². The zero-order valence-electron chi connectivity index (χ0n) is 14.0. The van der Waals surface area contributed by atoms with E-state index in [1.165, 1.54) is 28.9 Å². The number of carbonyl (C=O) groups excluding carboxylic acids is 2. The molecule has 0 spiro atoms. The first-order valence-electron chi connectivity index (χ1n) is 7.40. The van der Waals surface area contributed by atoms with Gasteiger partial charge < -0.3 is 14.5 Å². The number of rotatable bonds is 2. The van der Waals surface area contributed by atoms with Gasteiger partial charge in [0.25, 0.3) is 0 Å². The van der Waals surface area contributed by atoms with Crippen molar-refractivity contribution in [3.05, 3.63) is 65.5 Å². The quantitative estimate of drug-likeness (QED) is 0.773. The van der Waals surface area contributed by atoms with E-state index in [1.807, 2.05) is 39.6 Å². The largest absolute Gasteiger partial charge is 0.360 e. The molecule has 1 aliphatic rings. The molecule has 3 rings (SSSR count). The fourth-order valence-electron chi connectivity index (χ4n) is 2.13. The molecule has 23 heavy (non-hydrogen) atoms. The van der Waals surface area contributed by atoms with Gasteiger partial charge in [0.1, 0.15) is 19.4 Å². The van der Waals surface area contributed by atoms with Crippen molar-refractivity contribution < 1.29 is 14.0 Å². The Morgan fingerprint density at radius 2 is 1.39 bits per heavy atom. The molecule has 1 atom stereocenters. The molecule has 2 aromatic rings. The Morgan fingerprint density at radius 3 is 1.87 bits per heavy atom. The summed E-state index contributed by atoms with van der Waals surface area (Å²) in [5.74, 6) is -0.170. The van der Waals surface area contributed by atoms with Gasteiger partial charge in [-0.15, -0.1) is 0 Å². The van der Waals surface area contributed by atoms with E-state index < -0.39 is 0 Å². The maximum absolute atomic E-state index is 12.8. The van der Waals surface area contributed by atoms with Gasteiger partial charge in [-0.3, -0.25) is 0 Å². The third-order valence-electron chi connectivity index (χ3n) is 3.23. The van der Waals surface area contributed by atoms with E-state index in [4.69, 9.17) is 9.59 Å². The standard InChI is InChI=1S/C15H14FN.C2H6.2CH2O/c1-11-2-8-14(9-3-11)17-10-15(17)12-4-6-13(16)7-5-12;3*1-2/h2-9,15H,10H2,1H3;1-2H3;2*1H2. The van der Waals surface area contributed by atoms with Gasteiger partial charge in [0.05, 0.1) is 6.04 Å². The first-order chi connectivity index (χ1) is 11.2. The second kappa shape index (κ2) is 11.1. The number of aryl methyl sites for hydroxylation is 1. The van der Waals surface area contributed by atoms with Crippen molar-refractivity contribution in [1.82, 2.24) is 0 Å². The zero-order chi connectivity index (χ0) is 17.8. The third-order valence-corrected chi connectivity index (χ3v) is 3.23. The third kappa shape index (κ3) is 6.02. The molecule has 1 unspecified atom stereocenters. The lowest BCUT2D eigenvalue weighted by atomic mass is 10.1. The summed E-state index contributed by atoms with van der Waals surface area (Å²) in [6.45, 7) is 11.1. The maximum atomic E-state index is 12.8. The SMILES string of the molecule is C=O.C=O.CC.Cc1ccc(N2CC2c2ccc(F)cc2)cc1. The van der Waals surface area contributed by atoms with Crippen LogP contribution in [0.1, 0.15) is 31.0 Å². The lowest BCUT2D eigenvalue weighted by Gasteiger charge is -2.06. The summed E-state index contributed by atoms with van der Waals surface area (Å²) >= 11 is 0. The molecule has 0 bridgehead atoms. The van der Waals surface area contributed by atoms with Gasteiger partial charge in [0.2, 0.25) is 0 Å². The van der Waals surface area contributed by atoms with Crippen molar-refractivity contribution in [3.8, 4) is 0 Å². The van der Waals surface area contributed by atoms with Crippen LogP contribution in [0.2, 0.25) is 0 Å². The summed E-state index contributed by atoms with van der Waals surface area (Å²) in [5.41, 5.74) is 3.70. The summed E-state index contributed by atoms with van der Waals surface area (Å²) in [4.78, 5) is 18.3. The monoisotopic (exact) mass is 317 g/mol. The average Bonchev–Trinajstić information content (AvgIpc) is 3.42. The highest BCUT2D eigenvalue weighted by Gasteiger charge is 2.35. The predicted molar refractivity (Wildman–Crippen MR) is 93.3 cm³/mol. The molecule has 1 heterocycles. The lowest BCUT2D eigenvalue weighted by molar-refractivity contribution is -0.0987. The first-order valence-corrected chi connectivity index (χ1v) is 7.40. The fraction of sp³-hybridized carbons (Fsp3) is 0.263.